The Hall–Kier alpha value is -1.91. The molecule has 0 fully saturated rings. The van der Waals surface area contributed by atoms with Crippen molar-refractivity contribution < 1.29 is 4.74 Å². The van der Waals surface area contributed by atoms with Gasteiger partial charge in [-0.25, -0.2) is 4.98 Å². The van der Waals surface area contributed by atoms with Crippen molar-refractivity contribution in [3.63, 3.8) is 0 Å². The molecule has 0 amide bonds. The van der Waals surface area contributed by atoms with Crippen molar-refractivity contribution in [3.05, 3.63) is 59.1 Å². The Morgan fingerprint density at radius 1 is 1.15 bits per heavy atom. The number of thiazole rings is 1. The van der Waals surface area contributed by atoms with Crippen molar-refractivity contribution >= 4 is 21.6 Å². The van der Waals surface area contributed by atoms with Crippen LogP contribution in [0.25, 0.3) is 10.2 Å². The summed E-state index contributed by atoms with van der Waals surface area (Å²) < 4.78 is 6.34. The van der Waals surface area contributed by atoms with Gasteiger partial charge in [0.1, 0.15) is 10.8 Å². The summed E-state index contributed by atoms with van der Waals surface area (Å²) in [6.07, 6.45) is 0.782. The minimum atomic E-state index is -0.0687. The van der Waals surface area contributed by atoms with Crippen molar-refractivity contribution in [2.24, 2.45) is 5.73 Å². The van der Waals surface area contributed by atoms with Gasteiger partial charge in [0, 0.05) is 0 Å². The lowest BCUT2D eigenvalue weighted by Gasteiger charge is -2.09. The normalized spacial score (nSPS) is 12.5. The van der Waals surface area contributed by atoms with Gasteiger partial charge in [-0.1, -0.05) is 24.3 Å². The number of ether oxygens (including phenoxy) is 1. The first-order valence-electron chi connectivity index (χ1n) is 6.50. The fourth-order valence-electron chi connectivity index (χ4n) is 2.15. The molecule has 20 heavy (non-hydrogen) atoms. The molecule has 0 radical (unpaired) electrons. The highest BCUT2D eigenvalue weighted by atomic mass is 32.1. The molecule has 3 rings (SSSR count). The topological polar surface area (TPSA) is 48.1 Å². The Morgan fingerprint density at radius 2 is 1.90 bits per heavy atom. The SMILES string of the molecule is COc1ccc(CC(N)c2nc3ccccc3s2)cc1. The standard InChI is InChI=1S/C16H16N2OS/c1-19-12-8-6-11(7-9-12)10-13(17)16-18-14-4-2-3-5-15(14)20-16/h2-9,13H,10,17H2,1H3. The van der Waals surface area contributed by atoms with Gasteiger partial charge in [0.25, 0.3) is 0 Å². The van der Waals surface area contributed by atoms with Crippen molar-refractivity contribution in [3.8, 4) is 5.75 Å². The molecule has 1 aromatic heterocycles. The molecule has 0 saturated heterocycles. The van der Waals surface area contributed by atoms with Crippen LogP contribution in [0.4, 0.5) is 0 Å². The van der Waals surface area contributed by atoms with Gasteiger partial charge in [-0.3, -0.25) is 0 Å². The zero-order valence-electron chi connectivity index (χ0n) is 11.2. The van der Waals surface area contributed by atoms with E-state index in [0.29, 0.717) is 0 Å². The van der Waals surface area contributed by atoms with Crippen molar-refractivity contribution in [1.82, 2.24) is 4.98 Å². The van der Waals surface area contributed by atoms with Crippen LogP contribution in [0.2, 0.25) is 0 Å². The molecule has 102 valence electrons. The number of aromatic nitrogens is 1. The molecule has 2 N–H and O–H groups in total. The number of methoxy groups -OCH3 is 1. The van der Waals surface area contributed by atoms with Gasteiger partial charge in [-0.2, -0.15) is 0 Å². The molecule has 3 aromatic rings. The highest BCUT2D eigenvalue weighted by Crippen LogP contribution is 2.27. The number of nitrogens with zero attached hydrogens (tertiary/aromatic N) is 1. The molecule has 0 bridgehead atoms. The molecule has 0 saturated carbocycles. The first-order valence-corrected chi connectivity index (χ1v) is 7.32. The predicted molar refractivity (Wildman–Crippen MR) is 83.2 cm³/mol. The van der Waals surface area contributed by atoms with Gasteiger partial charge in [0.05, 0.1) is 23.4 Å². The average molecular weight is 284 g/mol. The van der Waals surface area contributed by atoms with Crippen LogP contribution in [0.1, 0.15) is 16.6 Å². The van der Waals surface area contributed by atoms with E-state index in [9.17, 15) is 0 Å². The minimum Gasteiger partial charge on any atom is -0.497 e. The fourth-order valence-corrected chi connectivity index (χ4v) is 3.12. The zero-order valence-corrected chi connectivity index (χ0v) is 12.1. The third-order valence-corrected chi connectivity index (χ3v) is 4.41. The molecule has 1 atom stereocenters. The number of para-hydroxylation sites is 1. The summed E-state index contributed by atoms with van der Waals surface area (Å²) in [6.45, 7) is 0. The number of fused-ring (bicyclic) bond motifs is 1. The first kappa shape index (κ1) is 13.1. The second-order valence-corrected chi connectivity index (χ2v) is 5.74. The van der Waals surface area contributed by atoms with Crippen LogP contribution in [-0.4, -0.2) is 12.1 Å². The van der Waals surface area contributed by atoms with Crippen molar-refractivity contribution in [1.29, 1.82) is 0 Å². The molecule has 0 spiro atoms. The summed E-state index contributed by atoms with van der Waals surface area (Å²) in [5.41, 5.74) is 8.50. The smallest absolute Gasteiger partial charge is 0.118 e. The second-order valence-electron chi connectivity index (χ2n) is 4.68. The number of nitrogens with two attached hydrogens (primary N) is 1. The zero-order chi connectivity index (χ0) is 13.9. The summed E-state index contributed by atoms with van der Waals surface area (Å²) >= 11 is 1.67. The van der Waals surface area contributed by atoms with E-state index in [1.165, 1.54) is 10.3 Å². The summed E-state index contributed by atoms with van der Waals surface area (Å²) in [4.78, 5) is 4.61. The Kier molecular flexibility index (Phi) is 3.67. The number of rotatable bonds is 4. The number of benzene rings is 2. The van der Waals surface area contributed by atoms with Gasteiger partial charge in [0.2, 0.25) is 0 Å². The van der Waals surface area contributed by atoms with Gasteiger partial charge in [0.15, 0.2) is 0 Å². The maximum atomic E-state index is 6.28. The van der Waals surface area contributed by atoms with Gasteiger partial charge < -0.3 is 10.5 Å². The molecule has 0 aliphatic carbocycles. The average Bonchev–Trinajstić information content (AvgIpc) is 2.92. The van der Waals surface area contributed by atoms with E-state index in [0.717, 1.165) is 22.7 Å². The van der Waals surface area contributed by atoms with E-state index in [4.69, 9.17) is 10.5 Å². The lowest BCUT2D eigenvalue weighted by molar-refractivity contribution is 0.414. The second kappa shape index (κ2) is 5.61. The maximum absolute atomic E-state index is 6.28. The Labute approximate surface area is 122 Å². The third kappa shape index (κ3) is 2.66. The Bertz CT molecular complexity index is 673. The van der Waals surface area contributed by atoms with Crippen LogP contribution >= 0.6 is 11.3 Å². The molecule has 2 aromatic carbocycles. The van der Waals surface area contributed by atoms with Crippen molar-refractivity contribution in [2.75, 3.05) is 7.11 Å². The first-order chi connectivity index (χ1) is 9.76. The summed E-state index contributed by atoms with van der Waals surface area (Å²) in [5, 5.41) is 0.988. The van der Waals surface area contributed by atoms with Crippen LogP contribution in [0.5, 0.6) is 5.75 Å². The quantitative estimate of drug-likeness (QED) is 0.797. The highest BCUT2D eigenvalue weighted by molar-refractivity contribution is 7.18. The molecule has 1 heterocycles. The van der Waals surface area contributed by atoms with Crippen LogP contribution < -0.4 is 10.5 Å². The van der Waals surface area contributed by atoms with E-state index < -0.39 is 0 Å². The summed E-state index contributed by atoms with van der Waals surface area (Å²) in [7, 11) is 1.67. The number of hydrogen-bond acceptors (Lipinski definition) is 4. The molecular weight excluding hydrogens is 268 g/mol. The largest absolute Gasteiger partial charge is 0.497 e. The highest BCUT2D eigenvalue weighted by Gasteiger charge is 2.12. The molecule has 0 aliphatic rings. The van der Waals surface area contributed by atoms with E-state index in [1.54, 1.807) is 18.4 Å². The van der Waals surface area contributed by atoms with Gasteiger partial charge >= 0.3 is 0 Å². The summed E-state index contributed by atoms with van der Waals surface area (Å²) in [5.74, 6) is 0.863. The third-order valence-electron chi connectivity index (χ3n) is 3.24. The lowest BCUT2D eigenvalue weighted by Crippen LogP contribution is -2.12. The van der Waals surface area contributed by atoms with Crippen LogP contribution in [0, 0.1) is 0 Å². The lowest BCUT2D eigenvalue weighted by atomic mass is 10.1. The summed E-state index contributed by atoms with van der Waals surface area (Å²) in [6, 6.07) is 16.1. The monoisotopic (exact) mass is 284 g/mol. The van der Waals surface area contributed by atoms with Crippen LogP contribution in [-0.2, 0) is 6.42 Å². The Morgan fingerprint density at radius 3 is 2.60 bits per heavy atom. The van der Waals surface area contributed by atoms with E-state index in [1.807, 2.05) is 42.5 Å². The van der Waals surface area contributed by atoms with E-state index >= 15 is 0 Å². The fraction of sp³-hybridized carbons (Fsp3) is 0.188. The maximum Gasteiger partial charge on any atom is 0.118 e. The minimum absolute atomic E-state index is 0.0687. The molecule has 3 nitrogen and oxygen atoms in total. The number of hydrogen-bond donors (Lipinski definition) is 1. The molecular formula is C16H16N2OS. The van der Waals surface area contributed by atoms with Crippen molar-refractivity contribution in [2.45, 2.75) is 12.5 Å². The van der Waals surface area contributed by atoms with Gasteiger partial charge in [-0.05, 0) is 36.2 Å². The molecule has 4 heteroatoms. The van der Waals surface area contributed by atoms with E-state index in [2.05, 4.69) is 11.1 Å². The predicted octanol–water partition coefficient (Wildman–Crippen LogP) is 3.55. The molecule has 1 unspecified atom stereocenters. The molecule has 0 aliphatic heterocycles. The van der Waals surface area contributed by atoms with Gasteiger partial charge in [-0.15, -0.1) is 11.3 Å². The van der Waals surface area contributed by atoms with Crippen LogP contribution in [0.15, 0.2) is 48.5 Å². The van der Waals surface area contributed by atoms with E-state index in [-0.39, 0.29) is 6.04 Å². The Balaban J connectivity index is 1.79. The van der Waals surface area contributed by atoms with Crippen LogP contribution in [0.3, 0.4) is 0 Å².